The normalized spacial score (nSPS) is 14.6. The Morgan fingerprint density at radius 3 is 2.49 bits per heavy atom. The molecule has 0 saturated carbocycles. The first kappa shape index (κ1) is 29.8. The lowest BCUT2D eigenvalue weighted by atomic mass is 9.95. The zero-order valence-corrected chi connectivity index (χ0v) is 25.1. The molecule has 1 aliphatic heterocycles. The molecule has 0 bridgehead atoms. The van der Waals surface area contributed by atoms with Gasteiger partial charge < -0.3 is 18.9 Å². The standard InChI is InChI=1S/C33H31FN2O6S/c1-5-40-27-17-22(13-16-26(27)42-19-21-11-14-23(34)15-12-21)18-28-31(37)36-30(24-9-7-8-10-25(24)39-4)29(32(38)41-6-2)20(3)35-33(36)43-28/h7-18,30H,5-6,19H2,1-4H3/b28-18-/t30-/m1/s1. The third kappa shape index (κ3) is 6.24. The van der Waals surface area contributed by atoms with E-state index in [2.05, 4.69) is 4.99 Å². The minimum Gasteiger partial charge on any atom is -0.496 e. The quantitative estimate of drug-likeness (QED) is 0.240. The molecule has 1 aliphatic rings. The van der Waals surface area contributed by atoms with E-state index in [1.165, 1.54) is 28.0 Å². The van der Waals surface area contributed by atoms with Gasteiger partial charge in [-0.25, -0.2) is 14.2 Å². The summed E-state index contributed by atoms with van der Waals surface area (Å²) in [4.78, 5) is 32.2. The van der Waals surface area contributed by atoms with Crippen molar-refractivity contribution in [1.82, 2.24) is 4.57 Å². The number of esters is 1. The van der Waals surface area contributed by atoms with Gasteiger partial charge in [-0.15, -0.1) is 0 Å². The van der Waals surface area contributed by atoms with E-state index in [4.69, 9.17) is 18.9 Å². The number of ether oxygens (including phenoxy) is 4. The number of hydrogen-bond acceptors (Lipinski definition) is 8. The Labute approximate surface area is 252 Å². The van der Waals surface area contributed by atoms with Crippen LogP contribution >= 0.6 is 11.3 Å². The lowest BCUT2D eigenvalue weighted by molar-refractivity contribution is -0.139. The Morgan fingerprint density at radius 1 is 1.00 bits per heavy atom. The molecule has 0 amide bonds. The number of thiazole rings is 1. The van der Waals surface area contributed by atoms with E-state index in [9.17, 15) is 14.0 Å². The first-order valence-electron chi connectivity index (χ1n) is 13.8. The number of halogens is 1. The third-order valence-electron chi connectivity index (χ3n) is 6.82. The van der Waals surface area contributed by atoms with E-state index < -0.39 is 12.0 Å². The van der Waals surface area contributed by atoms with Gasteiger partial charge in [0.1, 0.15) is 24.2 Å². The molecule has 0 fully saturated rings. The van der Waals surface area contributed by atoms with Gasteiger partial charge in [-0.2, -0.15) is 0 Å². The topological polar surface area (TPSA) is 88.4 Å². The van der Waals surface area contributed by atoms with Gasteiger partial charge in [0.2, 0.25) is 0 Å². The second-order valence-corrected chi connectivity index (χ2v) is 10.6. The van der Waals surface area contributed by atoms with Crippen LogP contribution in [0.15, 0.2) is 87.8 Å². The number of fused-ring (bicyclic) bond motifs is 1. The molecule has 0 aliphatic carbocycles. The first-order valence-corrected chi connectivity index (χ1v) is 14.6. The van der Waals surface area contributed by atoms with Crippen LogP contribution in [-0.4, -0.2) is 30.9 Å². The molecule has 0 radical (unpaired) electrons. The Kier molecular flexibility index (Phi) is 9.06. The average Bonchev–Trinajstić information content (AvgIpc) is 3.30. The van der Waals surface area contributed by atoms with Crippen LogP contribution in [-0.2, 0) is 16.1 Å². The molecule has 8 nitrogen and oxygen atoms in total. The Morgan fingerprint density at radius 2 is 1.77 bits per heavy atom. The summed E-state index contributed by atoms with van der Waals surface area (Å²) in [6.45, 7) is 6.18. The fourth-order valence-corrected chi connectivity index (χ4v) is 5.92. The van der Waals surface area contributed by atoms with Gasteiger partial charge in [0, 0.05) is 5.56 Å². The number of rotatable bonds is 10. The van der Waals surface area contributed by atoms with E-state index in [0.29, 0.717) is 44.4 Å². The molecular formula is C33H31FN2O6S. The summed E-state index contributed by atoms with van der Waals surface area (Å²) in [5.41, 5.74) is 2.64. The van der Waals surface area contributed by atoms with Crippen molar-refractivity contribution < 1.29 is 28.1 Å². The minimum absolute atomic E-state index is 0.185. The summed E-state index contributed by atoms with van der Waals surface area (Å²) in [5, 5.41) is 0. The van der Waals surface area contributed by atoms with Gasteiger partial charge in [-0.1, -0.05) is 47.7 Å². The molecule has 3 aromatic carbocycles. The highest BCUT2D eigenvalue weighted by Crippen LogP contribution is 2.36. The third-order valence-corrected chi connectivity index (χ3v) is 7.81. The van der Waals surface area contributed by atoms with Crippen molar-refractivity contribution >= 4 is 23.4 Å². The molecule has 0 unspecified atom stereocenters. The van der Waals surface area contributed by atoms with E-state index in [0.717, 1.165) is 11.1 Å². The van der Waals surface area contributed by atoms with Crippen molar-refractivity contribution in [1.29, 1.82) is 0 Å². The van der Waals surface area contributed by atoms with E-state index in [1.807, 2.05) is 31.2 Å². The number of carbonyl (C=O) groups is 1. The van der Waals surface area contributed by atoms with Crippen LogP contribution < -0.4 is 29.1 Å². The fourth-order valence-electron chi connectivity index (χ4n) is 4.87. The molecule has 43 heavy (non-hydrogen) atoms. The molecule has 0 saturated heterocycles. The smallest absolute Gasteiger partial charge is 0.338 e. The molecule has 4 aromatic rings. The number of aromatic nitrogens is 1. The van der Waals surface area contributed by atoms with Crippen LogP contribution in [0.3, 0.4) is 0 Å². The van der Waals surface area contributed by atoms with Gasteiger partial charge in [0.05, 0.1) is 36.1 Å². The Balaban J connectivity index is 1.57. The zero-order valence-electron chi connectivity index (χ0n) is 24.3. The van der Waals surface area contributed by atoms with Crippen molar-refractivity contribution in [3.05, 3.63) is 120 Å². The number of benzene rings is 3. The minimum atomic E-state index is -0.783. The van der Waals surface area contributed by atoms with Gasteiger partial charge in [0.25, 0.3) is 5.56 Å². The molecule has 1 aromatic heterocycles. The van der Waals surface area contributed by atoms with Crippen LogP contribution in [0.5, 0.6) is 17.2 Å². The summed E-state index contributed by atoms with van der Waals surface area (Å²) < 4.78 is 38.0. The van der Waals surface area contributed by atoms with E-state index in [-0.39, 0.29) is 30.2 Å². The van der Waals surface area contributed by atoms with Crippen LogP contribution in [0.2, 0.25) is 0 Å². The van der Waals surface area contributed by atoms with Crippen LogP contribution in [0, 0.1) is 5.82 Å². The van der Waals surface area contributed by atoms with Crippen LogP contribution in [0.1, 0.15) is 43.5 Å². The van der Waals surface area contributed by atoms with Gasteiger partial charge in [-0.05, 0) is 68.3 Å². The number of para-hydroxylation sites is 1. The molecule has 5 rings (SSSR count). The Hall–Kier alpha value is -4.70. The maximum absolute atomic E-state index is 14.0. The second kappa shape index (κ2) is 13.1. The highest BCUT2D eigenvalue weighted by atomic mass is 32.1. The predicted octanol–water partition coefficient (Wildman–Crippen LogP) is 4.92. The second-order valence-electron chi connectivity index (χ2n) is 9.60. The van der Waals surface area contributed by atoms with Crippen molar-refractivity contribution in [3.8, 4) is 17.2 Å². The van der Waals surface area contributed by atoms with Gasteiger partial charge in [-0.3, -0.25) is 9.36 Å². The first-order chi connectivity index (χ1) is 20.8. The maximum atomic E-state index is 14.0. The predicted molar refractivity (Wildman–Crippen MR) is 162 cm³/mol. The largest absolute Gasteiger partial charge is 0.496 e. The lowest BCUT2D eigenvalue weighted by Gasteiger charge is -2.25. The summed E-state index contributed by atoms with van der Waals surface area (Å²) in [6, 6.07) is 18.0. The molecular weight excluding hydrogens is 571 g/mol. The molecule has 222 valence electrons. The molecule has 1 atom stereocenters. The van der Waals surface area contributed by atoms with Crippen LogP contribution in [0.4, 0.5) is 4.39 Å². The van der Waals surface area contributed by atoms with Crippen molar-refractivity contribution in [2.75, 3.05) is 20.3 Å². The SMILES string of the molecule is CCOC(=O)C1=C(C)N=c2s/c(=C\c3ccc(OCc4ccc(F)cc4)c(OCC)c3)c(=O)n2[C@@H]1c1ccccc1OC. The van der Waals surface area contributed by atoms with Gasteiger partial charge >= 0.3 is 5.97 Å². The van der Waals surface area contributed by atoms with E-state index >= 15 is 0 Å². The zero-order chi connectivity index (χ0) is 30.5. The fraction of sp³-hybridized carbons (Fsp3) is 0.242. The number of methoxy groups -OCH3 is 1. The van der Waals surface area contributed by atoms with Crippen molar-refractivity contribution in [3.63, 3.8) is 0 Å². The van der Waals surface area contributed by atoms with E-state index in [1.54, 1.807) is 57.4 Å². The summed E-state index contributed by atoms with van der Waals surface area (Å²) in [5.74, 6) is 0.728. The number of carbonyl (C=O) groups excluding carboxylic acids is 1. The van der Waals surface area contributed by atoms with Crippen molar-refractivity contribution in [2.45, 2.75) is 33.4 Å². The molecule has 2 heterocycles. The summed E-state index contributed by atoms with van der Waals surface area (Å²) in [7, 11) is 1.55. The Bertz CT molecular complexity index is 1860. The lowest BCUT2D eigenvalue weighted by Crippen LogP contribution is -2.40. The maximum Gasteiger partial charge on any atom is 0.338 e. The summed E-state index contributed by atoms with van der Waals surface area (Å²) >= 11 is 1.23. The number of allylic oxidation sites excluding steroid dienone is 1. The van der Waals surface area contributed by atoms with Crippen LogP contribution in [0.25, 0.3) is 6.08 Å². The van der Waals surface area contributed by atoms with Gasteiger partial charge in [0.15, 0.2) is 16.3 Å². The average molecular weight is 603 g/mol. The molecule has 0 spiro atoms. The monoisotopic (exact) mass is 602 g/mol. The molecule has 0 N–H and O–H groups in total. The van der Waals surface area contributed by atoms with Crippen molar-refractivity contribution in [2.24, 2.45) is 4.99 Å². The highest BCUT2D eigenvalue weighted by molar-refractivity contribution is 7.07. The molecule has 10 heteroatoms. The number of hydrogen-bond donors (Lipinski definition) is 0. The number of nitrogens with zero attached hydrogens (tertiary/aromatic N) is 2. The summed E-state index contributed by atoms with van der Waals surface area (Å²) in [6.07, 6.45) is 1.76. The highest BCUT2D eigenvalue weighted by Gasteiger charge is 2.35.